The molecule has 2 aromatic carbocycles. The summed E-state index contributed by atoms with van der Waals surface area (Å²) in [6.45, 7) is 1.21. The zero-order valence-corrected chi connectivity index (χ0v) is 20.8. The Morgan fingerprint density at radius 2 is 2.03 bits per heavy atom. The van der Waals surface area contributed by atoms with E-state index >= 15 is 0 Å². The molecule has 1 aliphatic heterocycles. The molecule has 196 valence electrons. The standard InChI is InChI=1S/C29H32F2N2O4/c1-37-20-6-7-26-23(15-20)22(9-11-32-26)27(34)8-5-17-10-12-33(16-24(17)29(35)36)19-13-18(14-19)21-3-2-4-25(30)28(21)31/h2-4,6-7,9,11,15,17-19,24,27,34H,5,8,10,12-14,16H2,1H3,(H,35,36)/t17-,18?,19?,24+,27?/m1/s1. The van der Waals surface area contributed by atoms with Gasteiger partial charge in [-0.25, -0.2) is 8.78 Å². The number of aromatic nitrogens is 1. The number of pyridine rings is 1. The van der Waals surface area contributed by atoms with Crippen molar-refractivity contribution in [3.63, 3.8) is 0 Å². The van der Waals surface area contributed by atoms with Crippen LogP contribution in [0.3, 0.4) is 0 Å². The van der Waals surface area contributed by atoms with Crippen molar-refractivity contribution in [2.75, 3.05) is 20.2 Å². The lowest BCUT2D eigenvalue weighted by molar-refractivity contribution is -0.147. The largest absolute Gasteiger partial charge is 0.497 e. The number of aliphatic carboxylic acids is 1. The molecule has 0 amide bonds. The number of carboxylic acids is 1. The minimum absolute atomic E-state index is 0.0364. The number of aliphatic hydroxyl groups excluding tert-OH is 1. The number of benzene rings is 2. The van der Waals surface area contributed by atoms with Crippen molar-refractivity contribution in [1.29, 1.82) is 0 Å². The molecule has 3 aromatic rings. The van der Waals surface area contributed by atoms with Gasteiger partial charge in [-0.3, -0.25) is 14.7 Å². The lowest BCUT2D eigenvalue weighted by atomic mass is 9.73. The summed E-state index contributed by atoms with van der Waals surface area (Å²) in [5.41, 5.74) is 1.94. The zero-order chi connectivity index (χ0) is 26.1. The van der Waals surface area contributed by atoms with Gasteiger partial charge < -0.3 is 14.9 Å². The van der Waals surface area contributed by atoms with E-state index in [2.05, 4.69) is 9.88 Å². The van der Waals surface area contributed by atoms with Crippen molar-refractivity contribution in [3.8, 4) is 5.75 Å². The highest BCUT2D eigenvalue weighted by atomic mass is 19.2. The van der Waals surface area contributed by atoms with Crippen LogP contribution in [0.5, 0.6) is 5.75 Å². The highest BCUT2D eigenvalue weighted by Gasteiger charge is 2.42. The van der Waals surface area contributed by atoms with Crippen LogP contribution in [-0.2, 0) is 4.79 Å². The minimum Gasteiger partial charge on any atom is -0.497 e. The number of carbonyl (C=O) groups is 1. The van der Waals surface area contributed by atoms with Gasteiger partial charge in [0.15, 0.2) is 11.6 Å². The summed E-state index contributed by atoms with van der Waals surface area (Å²) in [6.07, 6.45) is 4.12. The molecule has 3 atom stereocenters. The third kappa shape index (κ3) is 5.18. The van der Waals surface area contributed by atoms with Crippen molar-refractivity contribution < 1.29 is 28.5 Å². The maximum Gasteiger partial charge on any atom is 0.308 e. The molecule has 2 fully saturated rings. The molecule has 1 aromatic heterocycles. The van der Waals surface area contributed by atoms with Crippen molar-refractivity contribution in [2.45, 2.75) is 50.2 Å². The van der Waals surface area contributed by atoms with Crippen LogP contribution in [0.15, 0.2) is 48.7 Å². The third-order valence-corrected chi connectivity index (χ3v) is 8.31. The number of ether oxygens (including phenoxy) is 1. The summed E-state index contributed by atoms with van der Waals surface area (Å²) < 4.78 is 33.1. The summed E-state index contributed by atoms with van der Waals surface area (Å²) >= 11 is 0. The van der Waals surface area contributed by atoms with Crippen molar-refractivity contribution in [3.05, 3.63) is 71.4 Å². The van der Waals surface area contributed by atoms with Gasteiger partial charge >= 0.3 is 5.97 Å². The maximum absolute atomic E-state index is 14.2. The fourth-order valence-corrected chi connectivity index (χ4v) is 6.05. The second kappa shape index (κ2) is 10.7. The molecule has 2 aliphatic rings. The van der Waals surface area contributed by atoms with E-state index in [0.29, 0.717) is 43.5 Å². The molecule has 6 nitrogen and oxygen atoms in total. The van der Waals surface area contributed by atoms with Crippen LogP contribution in [0.1, 0.15) is 55.3 Å². The van der Waals surface area contributed by atoms with Crippen molar-refractivity contribution in [1.82, 2.24) is 9.88 Å². The number of hydrogen-bond donors (Lipinski definition) is 2. The summed E-state index contributed by atoms with van der Waals surface area (Å²) in [4.78, 5) is 18.7. The number of aliphatic hydroxyl groups is 1. The molecular formula is C29H32F2N2O4. The molecular weight excluding hydrogens is 478 g/mol. The number of methoxy groups -OCH3 is 1. The topological polar surface area (TPSA) is 82.9 Å². The van der Waals surface area contributed by atoms with E-state index in [1.165, 1.54) is 6.07 Å². The zero-order valence-electron chi connectivity index (χ0n) is 20.8. The van der Waals surface area contributed by atoms with Crippen LogP contribution >= 0.6 is 0 Å². The van der Waals surface area contributed by atoms with Crippen LogP contribution in [0.25, 0.3) is 10.9 Å². The molecule has 2 heterocycles. The van der Waals surface area contributed by atoms with Gasteiger partial charge in [0.05, 0.1) is 24.6 Å². The molecule has 1 aliphatic carbocycles. The van der Waals surface area contributed by atoms with Gasteiger partial charge in [0, 0.05) is 24.2 Å². The van der Waals surface area contributed by atoms with Gasteiger partial charge in [-0.15, -0.1) is 0 Å². The van der Waals surface area contributed by atoms with E-state index in [1.807, 2.05) is 18.2 Å². The number of hydrogen-bond acceptors (Lipinski definition) is 5. The van der Waals surface area contributed by atoms with E-state index in [9.17, 15) is 23.8 Å². The first-order valence-electron chi connectivity index (χ1n) is 12.9. The number of piperidine rings is 1. The molecule has 8 heteroatoms. The van der Waals surface area contributed by atoms with Crippen molar-refractivity contribution in [2.24, 2.45) is 11.8 Å². The lowest BCUT2D eigenvalue weighted by Crippen LogP contribution is -2.52. The molecule has 0 spiro atoms. The van der Waals surface area contributed by atoms with Gasteiger partial charge in [0.2, 0.25) is 0 Å². The third-order valence-electron chi connectivity index (χ3n) is 8.31. The predicted octanol–water partition coefficient (Wildman–Crippen LogP) is 5.30. The minimum atomic E-state index is -0.825. The first-order chi connectivity index (χ1) is 17.9. The summed E-state index contributed by atoms with van der Waals surface area (Å²) in [7, 11) is 1.59. The molecule has 1 saturated heterocycles. The second-order valence-corrected chi connectivity index (χ2v) is 10.3. The van der Waals surface area contributed by atoms with E-state index in [-0.39, 0.29) is 17.9 Å². The number of likely N-dealkylation sites (tertiary alicyclic amines) is 1. The summed E-state index contributed by atoms with van der Waals surface area (Å²) in [5.74, 6) is -2.34. The smallest absolute Gasteiger partial charge is 0.308 e. The van der Waals surface area contributed by atoms with Gasteiger partial charge in [-0.1, -0.05) is 12.1 Å². The molecule has 5 rings (SSSR count). The Morgan fingerprint density at radius 1 is 1.22 bits per heavy atom. The van der Waals surface area contributed by atoms with E-state index < -0.39 is 29.6 Å². The molecule has 0 radical (unpaired) electrons. The maximum atomic E-state index is 14.2. The number of fused-ring (bicyclic) bond motifs is 1. The monoisotopic (exact) mass is 510 g/mol. The molecule has 0 bridgehead atoms. The first kappa shape index (κ1) is 25.5. The Hall–Kier alpha value is -3.10. The molecule has 1 unspecified atom stereocenters. The van der Waals surface area contributed by atoms with Crippen LogP contribution in [0.4, 0.5) is 8.78 Å². The van der Waals surface area contributed by atoms with Crippen LogP contribution in [-0.4, -0.2) is 52.3 Å². The fraction of sp³-hybridized carbons (Fsp3) is 0.448. The van der Waals surface area contributed by atoms with Gasteiger partial charge in [0.1, 0.15) is 5.75 Å². The Bertz CT molecular complexity index is 1280. The fourth-order valence-electron chi connectivity index (χ4n) is 6.05. The molecule has 2 N–H and O–H groups in total. The normalized spacial score (nSPS) is 25.0. The summed E-state index contributed by atoms with van der Waals surface area (Å²) in [6, 6.07) is 11.8. The van der Waals surface area contributed by atoms with Crippen LogP contribution in [0.2, 0.25) is 0 Å². The Balaban J connectivity index is 1.20. The van der Waals surface area contributed by atoms with Crippen molar-refractivity contribution >= 4 is 16.9 Å². The molecule has 37 heavy (non-hydrogen) atoms. The van der Waals surface area contributed by atoms with E-state index in [4.69, 9.17) is 4.74 Å². The Kier molecular flexibility index (Phi) is 7.40. The van der Waals surface area contributed by atoms with Crippen LogP contribution in [0, 0.1) is 23.5 Å². The average Bonchev–Trinajstić information content (AvgIpc) is 2.88. The lowest BCUT2D eigenvalue weighted by Gasteiger charge is -2.47. The highest BCUT2D eigenvalue weighted by molar-refractivity contribution is 5.83. The quantitative estimate of drug-likeness (QED) is 0.428. The molecule has 1 saturated carbocycles. The van der Waals surface area contributed by atoms with Gasteiger partial charge in [-0.05, 0) is 91.9 Å². The highest BCUT2D eigenvalue weighted by Crippen LogP contribution is 2.43. The SMILES string of the molecule is COc1ccc2nccc(C(O)CC[C@@H]3CCN(C4CC(c5cccc(F)c5F)C4)C[C@@H]3C(=O)O)c2c1. The van der Waals surface area contributed by atoms with E-state index in [0.717, 1.165) is 35.5 Å². The number of rotatable bonds is 8. The Labute approximate surface area is 214 Å². The number of carboxylic acid groups (broad SMARTS) is 1. The second-order valence-electron chi connectivity index (χ2n) is 10.3. The number of nitrogens with zero attached hydrogens (tertiary/aromatic N) is 2. The predicted molar refractivity (Wildman–Crippen MR) is 135 cm³/mol. The first-order valence-corrected chi connectivity index (χ1v) is 12.9. The van der Waals surface area contributed by atoms with Gasteiger partial charge in [0.25, 0.3) is 0 Å². The number of halogens is 2. The average molecular weight is 511 g/mol. The Morgan fingerprint density at radius 3 is 2.78 bits per heavy atom. The van der Waals surface area contributed by atoms with Gasteiger partial charge in [-0.2, -0.15) is 0 Å². The summed E-state index contributed by atoms with van der Waals surface area (Å²) in [5, 5.41) is 21.8. The van der Waals surface area contributed by atoms with E-state index in [1.54, 1.807) is 25.4 Å². The van der Waals surface area contributed by atoms with Crippen LogP contribution < -0.4 is 4.74 Å².